The summed E-state index contributed by atoms with van der Waals surface area (Å²) in [7, 11) is 0. The van der Waals surface area contributed by atoms with Crippen LogP contribution in [0.5, 0.6) is 23.0 Å². The van der Waals surface area contributed by atoms with Crippen LogP contribution < -0.4 is 30.7 Å². The Labute approximate surface area is 220 Å². The monoisotopic (exact) mass is 526 g/mol. The maximum atomic E-state index is 13.8. The van der Waals surface area contributed by atoms with E-state index in [1.165, 1.54) is 6.07 Å². The molecule has 9 heteroatoms. The molecule has 2 aliphatic heterocycles. The van der Waals surface area contributed by atoms with Gasteiger partial charge in [0, 0.05) is 30.0 Å². The molecule has 1 atom stereocenters. The summed E-state index contributed by atoms with van der Waals surface area (Å²) in [5.74, 6) is 1.29. The SMILES string of the molecule is FC(F)(F)c1cc(NC2CCNCC2)ccc1Oc1ccc(Oc2ccc(NC3CCCNC3)cc2)cc1. The highest BCUT2D eigenvalue weighted by Crippen LogP contribution is 2.40. The van der Waals surface area contributed by atoms with Gasteiger partial charge in [-0.2, -0.15) is 13.2 Å². The van der Waals surface area contributed by atoms with E-state index in [4.69, 9.17) is 9.47 Å². The van der Waals surface area contributed by atoms with E-state index < -0.39 is 11.7 Å². The van der Waals surface area contributed by atoms with Crippen LogP contribution in [0.1, 0.15) is 31.2 Å². The predicted octanol–water partition coefficient (Wildman–Crippen LogP) is 6.62. The second-order valence-corrected chi connectivity index (χ2v) is 9.76. The Morgan fingerprint density at radius 2 is 1.26 bits per heavy atom. The number of piperidine rings is 2. The minimum atomic E-state index is -4.54. The average Bonchev–Trinajstić information content (AvgIpc) is 2.92. The van der Waals surface area contributed by atoms with Gasteiger partial charge in [-0.25, -0.2) is 0 Å². The summed E-state index contributed by atoms with van der Waals surface area (Å²) >= 11 is 0. The molecule has 3 aromatic rings. The molecule has 4 N–H and O–H groups in total. The molecule has 2 aliphatic rings. The summed E-state index contributed by atoms with van der Waals surface area (Å²) in [6.07, 6.45) is -0.500. The summed E-state index contributed by atoms with van der Waals surface area (Å²) in [6, 6.07) is 19.0. The topological polar surface area (TPSA) is 66.6 Å². The zero-order chi connectivity index (χ0) is 26.4. The van der Waals surface area contributed by atoms with Gasteiger partial charge in [0.1, 0.15) is 28.6 Å². The van der Waals surface area contributed by atoms with Crippen LogP contribution in [0.3, 0.4) is 0 Å². The Morgan fingerprint density at radius 3 is 1.89 bits per heavy atom. The molecule has 0 aliphatic carbocycles. The van der Waals surface area contributed by atoms with E-state index in [2.05, 4.69) is 21.3 Å². The van der Waals surface area contributed by atoms with Crippen molar-refractivity contribution >= 4 is 11.4 Å². The van der Waals surface area contributed by atoms with Gasteiger partial charge in [-0.3, -0.25) is 0 Å². The zero-order valence-corrected chi connectivity index (χ0v) is 21.1. The summed E-state index contributed by atoms with van der Waals surface area (Å²) < 4.78 is 53.0. The molecule has 0 saturated carbocycles. The fourth-order valence-electron chi connectivity index (χ4n) is 4.80. The van der Waals surface area contributed by atoms with Gasteiger partial charge in [0.15, 0.2) is 0 Å². The third kappa shape index (κ3) is 7.11. The molecule has 1 unspecified atom stereocenters. The highest BCUT2D eigenvalue weighted by atomic mass is 19.4. The normalized spacial score (nSPS) is 18.6. The number of hydrogen-bond donors (Lipinski definition) is 4. The Bertz CT molecular complexity index is 1170. The molecule has 2 heterocycles. The number of alkyl halides is 3. The molecule has 0 amide bonds. The van der Waals surface area contributed by atoms with Gasteiger partial charge in [-0.05, 0) is 112 Å². The maximum Gasteiger partial charge on any atom is 0.420 e. The third-order valence-electron chi connectivity index (χ3n) is 6.80. The van der Waals surface area contributed by atoms with Crippen LogP contribution in [0.25, 0.3) is 0 Å². The zero-order valence-electron chi connectivity index (χ0n) is 21.1. The first-order chi connectivity index (χ1) is 18.4. The number of rotatable bonds is 8. The van der Waals surface area contributed by atoms with Crippen LogP contribution in [-0.2, 0) is 6.18 Å². The van der Waals surface area contributed by atoms with Crippen LogP contribution in [0, 0.1) is 0 Å². The minimum absolute atomic E-state index is 0.151. The third-order valence-corrected chi connectivity index (χ3v) is 6.80. The molecule has 0 aromatic heterocycles. The lowest BCUT2D eigenvalue weighted by molar-refractivity contribution is -0.138. The Hall–Kier alpha value is -3.43. The van der Waals surface area contributed by atoms with Gasteiger partial charge in [-0.1, -0.05) is 0 Å². The maximum absolute atomic E-state index is 13.8. The van der Waals surface area contributed by atoms with Crippen molar-refractivity contribution in [3.05, 3.63) is 72.3 Å². The second kappa shape index (κ2) is 12.0. The van der Waals surface area contributed by atoms with E-state index in [0.717, 1.165) is 63.6 Å². The molecule has 0 spiro atoms. The number of ether oxygens (including phenoxy) is 2. The molecule has 5 rings (SSSR count). The lowest BCUT2D eigenvalue weighted by Crippen LogP contribution is -2.38. The van der Waals surface area contributed by atoms with Crippen LogP contribution in [0.15, 0.2) is 66.7 Å². The van der Waals surface area contributed by atoms with Gasteiger partial charge in [0.2, 0.25) is 0 Å². The largest absolute Gasteiger partial charge is 0.457 e. The van der Waals surface area contributed by atoms with E-state index in [1.54, 1.807) is 30.3 Å². The van der Waals surface area contributed by atoms with Crippen molar-refractivity contribution in [1.29, 1.82) is 0 Å². The van der Waals surface area contributed by atoms with Gasteiger partial charge < -0.3 is 30.7 Å². The standard InChI is InChI=1S/C29H33F3N4O2/c30-29(31,32)27-18-22(35-21-13-16-33-17-14-21)5-12-28(27)38-26-10-8-25(9-11-26)37-24-6-3-20(4-7-24)36-23-2-1-15-34-19-23/h3-12,18,21,23,33-36H,1-2,13-17,19H2. The molecular weight excluding hydrogens is 493 g/mol. The van der Waals surface area contributed by atoms with Gasteiger partial charge in [-0.15, -0.1) is 0 Å². The summed E-state index contributed by atoms with van der Waals surface area (Å²) in [4.78, 5) is 0. The number of benzene rings is 3. The highest BCUT2D eigenvalue weighted by molar-refractivity contribution is 5.54. The van der Waals surface area contributed by atoms with Gasteiger partial charge >= 0.3 is 6.18 Å². The van der Waals surface area contributed by atoms with Crippen molar-refractivity contribution in [1.82, 2.24) is 10.6 Å². The number of anilines is 2. The van der Waals surface area contributed by atoms with E-state index in [-0.39, 0.29) is 11.8 Å². The van der Waals surface area contributed by atoms with Crippen LogP contribution in [0.4, 0.5) is 24.5 Å². The Morgan fingerprint density at radius 1 is 0.658 bits per heavy atom. The van der Waals surface area contributed by atoms with Crippen molar-refractivity contribution in [3.63, 3.8) is 0 Å². The molecule has 38 heavy (non-hydrogen) atoms. The van der Waals surface area contributed by atoms with Crippen molar-refractivity contribution < 1.29 is 22.6 Å². The van der Waals surface area contributed by atoms with Crippen molar-refractivity contribution in [3.8, 4) is 23.0 Å². The fourth-order valence-corrected chi connectivity index (χ4v) is 4.80. The van der Waals surface area contributed by atoms with Crippen LogP contribution in [0.2, 0.25) is 0 Å². The molecule has 6 nitrogen and oxygen atoms in total. The smallest absolute Gasteiger partial charge is 0.420 e. The first kappa shape index (κ1) is 26.2. The molecule has 202 valence electrons. The number of halogens is 3. The van der Waals surface area contributed by atoms with E-state index in [0.29, 0.717) is 29.0 Å². The first-order valence-electron chi connectivity index (χ1n) is 13.1. The molecule has 0 radical (unpaired) electrons. The Balaban J connectivity index is 1.21. The van der Waals surface area contributed by atoms with Crippen LogP contribution >= 0.6 is 0 Å². The van der Waals surface area contributed by atoms with E-state index >= 15 is 0 Å². The highest BCUT2D eigenvalue weighted by Gasteiger charge is 2.35. The quantitative estimate of drug-likeness (QED) is 0.265. The molecule has 2 saturated heterocycles. The van der Waals surface area contributed by atoms with Crippen molar-refractivity contribution in [2.45, 2.75) is 43.9 Å². The molecule has 3 aromatic carbocycles. The van der Waals surface area contributed by atoms with Crippen molar-refractivity contribution in [2.24, 2.45) is 0 Å². The van der Waals surface area contributed by atoms with E-state index in [9.17, 15) is 13.2 Å². The molecule has 2 fully saturated rings. The number of hydrogen-bond acceptors (Lipinski definition) is 6. The summed E-state index contributed by atoms with van der Waals surface area (Å²) in [6.45, 7) is 3.73. The molecule has 0 bridgehead atoms. The number of nitrogens with one attached hydrogen (secondary N) is 4. The molecular formula is C29H33F3N4O2. The van der Waals surface area contributed by atoms with Crippen molar-refractivity contribution in [2.75, 3.05) is 36.8 Å². The first-order valence-corrected chi connectivity index (χ1v) is 13.1. The summed E-state index contributed by atoms with van der Waals surface area (Å²) in [5.41, 5.74) is 0.665. The second-order valence-electron chi connectivity index (χ2n) is 9.76. The minimum Gasteiger partial charge on any atom is -0.457 e. The average molecular weight is 527 g/mol. The van der Waals surface area contributed by atoms with Gasteiger partial charge in [0.05, 0.1) is 0 Å². The fraction of sp³-hybridized carbons (Fsp3) is 0.379. The predicted molar refractivity (Wildman–Crippen MR) is 144 cm³/mol. The van der Waals surface area contributed by atoms with E-state index in [1.807, 2.05) is 24.3 Å². The van der Waals surface area contributed by atoms with Gasteiger partial charge in [0.25, 0.3) is 0 Å². The summed E-state index contributed by atoms with van der Waals surface area (Å²) in [5, 5.41) is 13.4. The lowest BCUT2D eigenvalue weighted by atomic mass is 10.1. The Kier molecular flexibility index (Phi) is 8.24. The van der Waals surface area contributed by atoms with Crippen LogP contribution in [-0.4, -0.2) is 38.3 Å². The lowest BCUT2D eigenvalue weighted by Gasteiger charge is -2.25.